The SMILES string of the molecule is N#Cc1ccc(Cn2cncc2CCCN(Cc2cccc(Cl)c2Cl)C(=S)Nc2ccc(F)cc2)cc1. The van der Waals surface area contributed by atoms with E-state index in [9.17, 15) is 4.39 Å². The lowest BCUT2D eigenvalue weighted by Crippen LogP contribution is -2.35. The number of hydrogen-bond donors (Lipinski definition) is 1. The molecule has 1 aromatic heterocycles. The summed E-state index contributed by atoms with van der Waals surface area (Å²) in [7, 11) is 0. The zero-order chi connectivity index (χ0) is 26.2. The fourth-order valence-corrected chi connectivity index (χ4v) is 4.55. The average molecular weight is 553 g/mol. The molecule has 3 aromatic carbocycles. The van der Waals surface area contributed by atoms with Gasteiger partial charge in [-0.3, -0.25) is 0 Å². The first kappa shape index (κ1) is 26.6. The first-order valence-electron chi connectivity index (χ1n) is 11.7. The summed E-state index contributed by atoms with van der Waals surface area (Å²) in [6.07, 6.45) is 5.28. The number of aromatic nitrogens is 2. The second-order valence-electron chi connectivity index (χ2n) is 8.50. The maximum atomic E-state index is 13.3. The Hall–Kier alpha value is -3.44. The molecule has 0 bridgehead atoms. The summed E-state index contributed by atoms with van der Waals surface area (Å²) in [4.78, 5) is 6.36. The maximum Gasteiger partial charge on any atom is 0.173 e. The molecule has 4 aromatic rings. The van der Waals surface area contributed by atoms with Gasteiger partial charge in [0.2, 0.25) is 0 Å². The number of benzene rings is 3. The lowest BCUT2D eigenvalue weighted by atomic mass is 10.1. The van der Waals surface area contributed by atoms with Gasteiger partial charge in [0.25, 0.3) is 0 Å². The molecule has 9 heteroatoms. The summed E-state index contributed by atoms with van der Waals surface area (Å²) in [6.45, 7) is 1.79. The van der Waals surface area contributed by atoms with Crippen LogP contribution in [0.4, 0.5) is 10.1 Å². The second kappa shape index (κ2) is 12.7. The molecule has 0 aliphatic carbocycles. The highest BCUT2D eigenvalue weighted by Gasteiger charge is 2.15. The van der Waals surface area contributed by atoms with E-state index in [2.05, 4.69) is 20.9 Å². The highest BCUT2D eigenvalue weighted by atomic mass is 35.5. The van der Waals surface area contributed by atoms with E-state index in [1.165, 1.54) is 12.1 Å². The van der Waals surface area contributed by atoms with Crippen molar-refractivity contribution in [2.45, 2.75) is 25.9 Å². The average Bonchev–Trinajstić information content (AvgIpc) is 3.34. The molecular formula is C28H24Cl2FN5S. The molecule has 4 rings (SSSR count). The van der Waals surface area contributed by atoms with Gasteiger partial charge in [-0.1, -0.05) is 47.5 Å². The van der Waals surface area contributed by atoms with Gasteiger partial charge in [0.1, 0.15) is 5.82 Å². The van der Waals surface area contributed by atoms with Gasteiger partial charge >= 0.3 is 0 Å². The molecule has 0 aliphatic heterocycles. The van der Waals surface area contributed by atoms with Crippen LogP contribution in [0.15, 0.2) is 79.3 Å². The predicted octanol–water partition coefficient (Wildman–Crippen LogP) is 7.08. The van der Waals surface area contributed by atoms with Gasteiger partial charge in [-0.05, 0) is 78.7 Å². The van der Waals surface area contributed by atoms with E-state index in [0.29, 0.717) is 46.0 Å². The number of thiocarbonyl (C=S) groups is 1. The van der Waals surface area contributed by atoms with Crippen molar-refractivity contribution in [3.05, 3.63) is 118 Å². The zero-order valence-corrected chi connectivity index (χ0v) is 22.2. The van der Waals surface area contributed by atoms with Crippen molar-refractivity contribution < 1.29 is 4.39 Å². The highest BCUT2D eigenvalue weighted by Crippen LogP contribution is 2.27. The van der Waals surface area contributed by atoms with Crippen LogP contribution in [0.1, 0.15) is 28.8 Å². The topological polar surface area (TPSA) is 56.9 Å². The number of hydrogen-bond acceptors (Lipinski definition) is 3. The minimum absolute atomic E-state index is 0.309. The molecule has 0 amide bonds. The number of imidazole rings is 1. The Balaban J connectivity index is 1.44. The Morgan fingerprint density at radius 3 is 2.57 bits per heavy atom. The van der Waals surface area contributed by atoms with Crippen LogP contribution >= 0.6 is 35.4 Å². The van der Waals surface area contributed by atoms with E-state index in [4.69, 9.17) is 40.7 Å². The quantitative estimate of drug-likeness (QED) is 0.225. The van der Waals surface area contributed by atoms with Crippen LogP contribution in [0.3, 0.4) is 0 Å². The molecule has 0 aliphatic rings. The molecule has 0 atom stereocenters. The maximum absolute atomic E-state index is 13.3. The van der Waals surface area contributed by atoms with Crippen molar-refractivity contribution in [3.8, 4) is 6.07 Å². The molecule has 0 fully saturated rings. The number of rotatable bonds is 9. The molecule has 1 heterocycles. The smallest absolute Gasteiger partial charge is 0.173 e. The van der Waals surface area contributed by atoms with Crippen LogP contribution < -0.4 is 5.32 Å². The number of aryl methyl sites for hydroxylation is 1. The molecule has 37 heavy (non-hydrogen) atoms. The van der Waals surface area contributed by atoms with Gasteiger partial charge in [0, 0.05) is 37.2 Å². The molecule has 0 saturated heterocycles. The number of nitrogens with one attached hydrogen (secondary N) is 1. The van der Waals surface area contributed by atoms with Gasteiger partial charge in [-0.25, -0.2) is 9.37 Å². The summed E-state index contributed by atoms with van der Waals surface area (Å²) in [5, 5.41) is 13.7. The van der Waals surface area contributed by atoms with Crippen LogP contribution in [-0.4, -0.2) is 26.1 Å². The largest absolute Gasteiger partial charge is 0.345 e. The number of anilines is 1. The normalized spacial score (nSPS) is 10.6. The third-order valence-corrected chi connectivity index (χ3v) is 7.09. The lowest BCUT2D eigenvalue weighted by molar-refractivity contribution is 0.408. The Labute approximate surface area is 231 Å². The Morgan fingerprint density at radius 2 is 1.84 bits per heavy atom. The number of halogens is 3. The minimum atomic E-state index is -0.309. The van der Waals surface area contributed by atoms with Gasteiger partial charge in [-0.15, -0.1) is 0 Å². The second-order valence-corrected chi connectivity index (χ2v) is 9.67. The van der Waals surface area contributed by atoms with E-state index >= 15 is 0 Å². The Bertz CT molecular complexity index is 1400. The first-order chi connectivity index (χ1) is 17.9. The highest BCUT2D eigenvalue weighted by molar-refractivity contribution is 7.80. The van der Waals surface area contributed by atoms with Gasteiger partial charge in [-0.2, -0.15) is 5.26 Å². The van der Waals surface area contributed by atoms with Gasteiger partial charge < -0.3 is 14.8 Å². The van der Waals surface area contributed by atoms with Crippen molar-refractivity contribution in [2.75, 3.05) is 11.9 Å². The summed E-state index contributed by atoms with van der Waals surface area (Å²) in [6, 6.07) is 21.3. The predicted molar refractivity (Wildman–Crippen MR) is 150 cm³/mol. The van der Waals surface area contributed by atoms with Crippen LogP contribution in [0.25, 0.3) is 0 Å². The van der Waals surface area contributed by atoms with Crippen LogP contribution in [0, 0.1) is 17.1 Å². The van der Waals surface area contributed by atoms with E-state index < -0.39 is 0 Å². The molecule has 0 saturated carbocycles. The standard InChI is InChI=1S/C28H24Cl2FN5S/c29-26-5-1-3-22(27(26)30)18-35(28(37)34-24-12-10-23(31)11-13-24)14-2-4-25-16-33-19-36(25)17-21-8-6-20(15-32)7-9-21/h1,3,5-13,16,19H,2,4,14,17-18H2,(H,34,37). The number of nitrogens with zero attached hydrogens (tertiary/aromatic N) is 4. The molecular weight excluding hydrogens is 528 g/mol. The molecule has 1 N–H and O–H groups in total. The molecule has 0 radical (unpaired) electrons. The van der Waals surface area contributed by atoms with Crippen molar-refractivity contribution in [3.63, 3.8) is 0 Å². The Kier molecular flexibility index (Phi) is 9.13. The molecule has 0 spiro atoms. The third-order valence-electron chi connectivity index (χ3n) is 5.87. The summed E-state index contributed by atoms with van der Waals surface area (Å²) >= 11 is 18.4. The number of nitriles is 1. The van der Waals surface area contributed by atoms with Gasteiger partial charge in [0.15, 0.2) is 5.11 Å². The molecule has 5 nitrogen and oxygen atoms in total. The molecule has 0 unspecified atom stereocenters. The van der Waals surface area contributed by atoms with E-state index in [1.54, 1.807) is 18.2 Å². The monoisotopic (exact) mass is 551 g/mol. The van der Waals surface area contributed by atoms with Crippen LogP contribution in [0.2, 0.25) is 10.0 Å². The van der Waals surface area contributed by atoms with E-state index in [0.717, 1.165) is 29.7 Å². The van der Waals surface area contributed by atoms with Crippen molar-refractivity contribution in [1.82, 2.24) is 14.5 Å². The fraction of sp³-hybridized carbons (Fsp3) is 0.179. The fourth-order valence-electron chi connectivity index (χ4n) is 3.90. The van der Waals surface area contributed by atoms with Crippen LogP contribution in [0.5, 0.6) is 0 Å². The van der Waals surface area contributed by atoms with Crippen molar-refractivity contribution >= 4 is 46.2 Å². The van der Waals surface area contributed by atoms with Crippen molar-refractivity contribution in [2.24, 2.45) is 0 Å². The third kappa shape index (κ3) is 7.30. The first-order valence-corrected chi connectivity index (χ1v) is 12.8. The zero-order valence-electron chi connectivity index (χ0n) is 19.9. The lowest BCUT2D eigenvalue weighted by Gasteiger charge is -2.27. The summed E-state index contributed by atoms with van der Waals surface area (Å²) in [5.41, 5.74) is 4.40. The minimum Gasteiger partial charge on any atom is -0.345 e. The summed E-state index contributed by atoms with van der Waals surface area (Å²) < 4.78 is 15.4. The van der Waals surface area contributed by atoms with E-state index in [1.807, 2.05) is 53.8 Å². The summed E-state index contributed by atoms with van der Waals surface area (Å²) in [5.74, 6) is -0.309. The van der Waals surface area contributed by atoms with E-state index in [-0.39, 0.29) is 5.82 Å². The van der Waals surface area contributed by atoms with Gasteiger partial charge in [0.05, 0.1) is 28.0 Å². The molecule has 188 valence electrons. The van der Waals surface area contributed by atoms with Crippen LogP contribution in [-0.2, 0) is 19.5 Å². The Morgan fingerprint density at radius 1 is 1.08 bits per heavy atom. The van der Waals surface area contributed by atoms with Crippen molar-refractivity contribution in [1.29, 1.82) is 5.26 Å².